The Bertz CT molecular complexity index is 928. The molecule has 0 atom stereocenters. The zero-order valence-electron chi connectivity index (χ0n) is 11.4. The van der Waals surface area contributed by atoms with Gasteiger partial charge in [-0.1, -0.05) is 36.4 Å². The van der Waals surface area contributed by atoms with Crippen LogP contribution >= 0.6 is 0 Å². The minimum Gasteiger partial charge on any atom is -0.450 e. The first-order valence-electron chi connectivity index (χ1n) is 6.46. The van der Waals surface area contributed by atoms with Gasteiger partial charge in [-0.2, -0.15) is 14.0 Å². The van der Waals surface area contributed by atoms with E-state index in [2.05, 4.69) is 0 Å². The van der Waals surface area contributed by atoms with Gasteiger partial charge in [0.25, 0.3) is 0 Å². The first-order valence-corrected chi connectivity index (χ1v) is 6.46. The molecule has 114 valence electrons. The van der Waals surface area contributed by atoms with E-state index in [4.69, 9.17) is 10.00 Å². The third-order valence-corrected chi connectivity index (χ3v) is 3.30. The van der Waals surface area contributed by atoms with Gasteiger partial charge in [-0.25, -0.2) is 8.78 Å². The van der Waals surface area contributed by atoms with Gasteiger partial charge < -0.3 is 4.74 Å². The van der Waals surface area contributed by atoms with Crippen molar-refractivity contribution in [1.82, 2.24) is 0 Å². The number of nitriles is 1. The molecular formula is C17H7F4NO. The molecule has 0 amide bonds. The topological polar surface area (TPSA) is 33.0 Å². The summed E-state index contributed by atoms with van der Waals surface area (Å²) in [6, 6.07) is 12.6. The average molecular weight is 317 g/mol. The summed E-state index contributed by atoms with van der Waals surface area (Å²) < 4.78 is 60.2. The summed E-state index contributed by atoms with van der Waals surface area (Å²) in [6.45, 7) is 0. The molecule has 0 saturated carbocycles. The molecule has 0 aliphatic heterocycles. The van der Waals surface area contributed by atoms with Crippen LogP contribution in [0.25, 0.3) is 10.8 Å². The smallest absolute Gasteiger partial charge is 0.205 e. The van der Waals surface area contributed by atoms with Crippen molar-refractivity contribution in [2.75, 3.05) is 0 Å². The fraction of sp³-hybridized carbons (Fsp3) is 0. The summed E-state index contributed by atoms with van der Waals surface area (Å²) >= 11 is 0. The van der Waals surface area contributed by atoms with Crippen LogP contribution in [0, 0.1) is 34.6 Å². The van der Waals surface area contributed by atoms with Crippen molar-refractivity contribution in [3.05, 3.63) is 71.3 Å². The molecule has 0 N–H and O–H groups in total. The molecule has 0 unspecified atom stereocenters. The van der Waals surface area contributed by atoms with Gasteiger partial charge in [0.05, 0.1) is 0 Å². The predicted octanol–water partition coefficient (Wildman–Crippen LogP) is 5.06. The van der Waals surface area contributed by atoms with E-state index in [1.807, 2.05) is 0 Å². The molecular weight excluding hydrogens is 310 g/mol. The Morgan fingerprint density at radius 2 is 1.39 bits per heavy atom. The Hall–Kier alpha value is -3.07. The monoisotopic (exact) mass is 317 g/mol. The van der Waals surface area contributed by atoms with E-state index in [1.54, 1.807) is 36.4 Å². The van der Waals surface area contributed by atoms with E-state index in [9.17, 15) is 17.6 Å². The average Bonchev–Trinajstić information content (AvgIpc) is 2.57. The highest BCUT2D eigenvalue weighted by molar-refractivity contribution is 5.88. The predicted molar refractivity (Wildman–Crippen MR) is 75.0 cm³/mol. The third kappa shape index (κ3) is 2.36. The van der Waals surface area contributed by atoms with E-state index >= 15 is 0 Å². The quantitative estimate of drug-likeness (QED) is 0.489. The third-order valence-electron chi connectivity index (χ3n) is 3.30. The van der Waals surface area contributed by atoms with E-state index in [0.29, 0.717) is 5.39 Å². The molecule has 0 saturated heterocycles. The van der Waals surface area contributed by atoms with Crippen molar-refractivity contribution in [3.63, 3.8) is 0 Å². The maximum atomic E-state index is 13.9. The molecule has 0 radical (unpaired) electrons. The van der Waals surface area contributed by atoms with Crippen molar-refractivity contribution < 1.29 is 22.3 Å². The van der Waals surface area contributed by atoms with Crippen LogP contribution in [0.5, 0.6) is 11.5 Å². The van der Waals surface area contributed by atoms with E-state index < -0.39 is 34.6 Å². The lowest BCUT2D eigenvalue weighted by Crippen LogP contribution is -2.04. The van der Waals surface area contributed by atoms with Crippen molar-refractivity contribution in [2.24, 2.45) is 0 Å². The van der Waals surface area contributed by atoms with Crippen LogP contribution in [0.2, 0.25) is 0 Å². The van der Waals surface area contributed by atoms with Gasteiger partial charge in [-0.3, -0.25) is 0 Å². The first kappa shape index (κ1) is 14.9. The Labute approximate surface area is 128 Å². The number of benzene rings is 3. The SMILES string of the molecule is N#Cc1c(F)c(F)c(Oc2cccc3ccccc23)c(F)c1F. The molecule has 6 heteroatoms. The molecule has 0 heterocycles. The van der Waals surface area contributed by atoms with Crippen molar-refractivity contribution in [3.8, 4) is 17.6 Å². The number of nitrogens with zero attached hydrogens (tertiary/aromatic N) is 1. The van der Waals surface area contributed by atoms with Crippen molar-refractivity contribution in [2.45, 2.75) is 0 Å². The van der Waals surface area contributed by atoms with Crippen LogP contribution in [0.3, 0.4) is 0 Å². The fourth-order valence-electron chi connectivity index (χ4n) is 2.19. The van der Waals surface area contributed by atoms with Gasteiger partial charge in [0.2, 0.25) is 17.4 Å². The molecule has 2 nitrogen and oxygen atoms in total. The Morgan fingerprint density at radius 3 is 2.04 bits per heavy atom. The molecule has 3 aromatic rings. The lowest BCUT2D eigenvalue weighted by atomic mass is 10.1. The number of halogens is 4. The minimum atomic E-state index is -1.79. The molecule has 0 spiro atoms. The van der Waals surface area contributed by atoms with Gasteiger partial charge in [0.1, 0.15) is 17.4 Å². The standard InChI is InChI=1S/C17H7F4NO/c18-13-11(8-22)14(19)16(21)17(15(13)20)23-12-7-3-5-9-4-1-2-6-10(9)12/h1-7H. The summed E-state index contributed by atoms with van der Waals surface area (Å²) in [5, 5.41) is 9.80. The van der Waals surface area contributed by atoms with Gasteiger partial charge in [0, 0.05) is 5.39 Å². The number of hydrogen-bond acceptors (Lipinski definition) is 2. The van der Waals surface area contributed by atoms with Crippen LogP contribution in [0.1, 0.15) is 5.56 Å². The van der Waals surface area contributed by atoms with Crippen LogP contribution in [-0.4, -0.2) is 0 Å². The Morgan fingerprint density at radius 1 is 0.783 bits per heavy atom. The number of hydrogen-bond donors (Lipinski definition) is 0. The molecule has 23 heavy (non-hydrogen) atoms. The Balaban J connectivity index is 2.19. The zero-order valence-corrected chi connectivity index (χ0v) is 11.4. The minimum absolute atomic E-state index is 0.0319. The summed E-state index contributed by atoms with van der Waals surface area (Å²) in [5.41, 5.74) is -1.33. The molecule has 3 rings (SSSR count). The molecule has 0 fully saturated rings. The van der Waals surface area contributed by atoms with Crippen molar-refractivity contribution >= 4 is 10.8 Å². The summed E-state index contributed by atoms with van der Waals surface area (Å²) in [4.78, 5) is 0. The van der Waals surface area contributed by atoms with Crippen molar-refractivity contribution in [1.29, 1.82) is 5.26 Å². The van der Waals surface area contributed by atoms with Gasteiger partial charge in [0.15, 0.2) is 11.6 Å². The highest BCUT2D eigenvalue weighted by Crippen LogP contribution is 2.35. The maximum Gasteiger partial charge on any atom is 0.205 e. The van der Waals surface area contributed by atoms with Gasteiger partial charge in [-0.05, 0) is 11.5 Å². The van der Waals surface area contributed by atoms with Gasteiger partial charge in [-0.15, -0.1) is 0 Å². The Kier molecular flexibility index (Phi) is 3.62. The molecule has 0 aromatic heterocycles. The van der Waals surface area contributed by atoms with Crippen LogP contribution in [0.15, 0.2) is 42.5 Å². The lowest BCUT2D eigenvalue weighted by Gasteiger charge is -2.12. The summed E-state index contributed by atoms with van der Waals surface area (Å²) in [5.74, 6) is -8.29. The number of ether oxygens (including phenoxy) is 1. The maximum absolute atomic E-state index is 13.9. The second-order valence-corrected chi connectivity index (χ2v) is 4.65. The normalized spacial score (nSPS) is 10.6. The van der Waals surface area contributed by atoms with E-state index in [1.165, 1.54) is 6.07 Å². The summed E-state index contributed by atoms with van der Waals surface area (Å²) in [6.07, 6.45) is 0. The molecule has 0 aliphatic carbocycles. The molecule has 3 aromatic carbocycles. The lowest BCUT2D eigenvalue weighted by molar-refractivity contribution is 0.366. The zero-order chi connectivity index (χ0) is 16.6. The number of rotatable bonds is 2. The highest BCUT2D eigenvalue weighted by Gasteiger charge is 2.27. The summed E-state index contributed by atoms with van der Waals surface area (Å²) in [7, 11) is 0. The second kappa shape index (κ2) is 5.61. The van der Waals surface area contributed by atoms with Gasteiger partial charge >= 0.3 is 0 Å². The van der Waals surface area contributed by atoms with Crippen LogP contribution in [-0.2, 0) is 0 Å². The number of fused-ring (bicyclic) bond motifs is 1. The van der Waals surface area contributed by atoms with Crippen LogP contribution in [0.4, 0.5) is 17.6 Å². The second-order valence-electron chi connectivity index (χ2n) is 4.65. The largest absolute Gasteiger partial charge is 0.450 e. The van der Waals surface area contributed by atoms with E-state index in [-0.39, 0.29) is 5.75 Å². The highest BCUT2D eigenvalue weighted by atomic mass is 19.2. The molecule has 0 aliphatic rings. The van der Waals surface area contributed by atoms with E-state index in [0.717, 1.165) is 11.5 Å². The first-order chi connectivity index (χ1) is 11.0. The molecule has 0 bridgehead atoms. The fourth-order valence-corrected chi connectivity index (χ4v) is 2.19. The van der Waals surface area contributed by atoms with Crippen LogP contribution < -0.4 is 4.74 Å².